The Kier molecular flexibility index (Phi) is 3.94. The molecule has 0 aliphatic carbocycles. The predicted molar refractivity (Wildman–Crippen MR) is 71.4 cm³/mol. The van der Waals surface area contributed by atoms with E-state index in [9.17, 15) is 9.18 Å². The first-order valence-corrected chi connectivity index (χ1v) is 5.68. The van der Waals surface area contributed by atoms with Crippen LogP contribution in [0.2, 0.25) is 5.02 Å². The molecule has 1 amide bonds. The van der Waals surface area contributed by atoms with Gasteiger partial charge in [-0.3, -0.25) is 4.79 Å². The summed E-state index contributed by atoms with van der Waals surface area (Å²) in [6.07, 6.45) is 1.28. The summed E-state index contributed by atoms with van der Waals surface area (Å²) >= 11 is 5.90. The van der Waals surface area contributed by atoms with E-state index in [-0.39, 0.29) is 11.4 Å². The highest BCUT2D eigenvalue weighted by Crippen LogP contribution is 2.22. The first-order chi connectivity index (χ1) is 9.13. The van der Waals surface area contributed by atoms with Crippen molar-refractivity contribution in [3.05, 3.63) is 52.9 Å². The van der Waals surface area contributed by atoms with Gasteiger partial charge in [0, 0.05) is 6.20 Å². The standard InChI is InChI=1S/C12H10ClFN4O/c13-8-3-1-2-4-9(8)17-12(19)7-5-6-16-11(18-15)10(7)14/h1-6H,15H2,(H,16,18)(H,17,19). The van der Waals surface area contributed by atoms with Crippen molar-refractivity contribution in [3.8, 4) is 0 Å². The summed E-state index contributed by atoms with van der Waals surface area (Å²) in [7, 11) is 0. The monoisotopic (exact) mass is 280 g/mol. The summed E-state index contributed by atoms with van der Waals surface area (Å²) in [4.78, 5) is 15.6. The fraction of sp³-hybridized carbons (Fsp3) is 0. The van der Waals surface area contributed by atoms with Gasteiger partial charge in [0.1, 0.15) is 0 Å². The maximum Gasteiger partial charge on any atom is 0.258 e. The molecule has 0 bridgehead atoms. The number of anilines is 2. The quantitative estimate of drug-likeness (QED) is 0.596. The third-order valence-corrected chi connectivity index (χ3v) is 2.72. The second-order valence-electron chi connectivity index (χ2n) is 3.60. The van der Waals surface area contributed by atoms with Crippen LogP contribution in [0.5, 0.6) is 0 Å². The Bertz CT molecular complexity index is 620. The number of nitrogens with two attached hydrogens (primary N) is 1. The topological polar surface area (TPSA) is 80.0 Å². The van der Waals surface area contributed by atoms with Gasteiger partial charge in [0.25, 0.3) is 5.91 Å². The lowest BCUT2D eigenvalue weighted by molar-refractivity contribution is 0.102. The van der Waals surface area contributed by atoms with Gasteiger partial charge in [-0.2, -0.15) is 0 Å². The van der Waals surface area contributed by atoms with Crippen molar-refractivity contribution in [1.29, 1.82) is 0 Å². The van der Waals surface area contributed by atoms with E-state index in [1.165, 1.54) is 12.3 Å². The molecule has 5 nitrogen and oxygen atoms in total. The summed E-state index contributed by atoms with van der Waals surface area (Å²) < 4.78 is 13.8. The zero-order chi connectivity index (χ0) is 13.8. The number of nitrogens with zero attached hydrogens (tertiary/aromatic N) is 1. The molecule has 0 aliphatic rings. The third kappa shape index (κ3) is 2.81. The number of hydrazine groups is 1. The SMILES string of the molecule is NNc1nccc(C(=O)Nc2ccccc2Cl)c1F. The van der Waals surface area contributed by atoms with Crippen LogP contribution in [0.25, 0.3) is 0 Å². The minimum absolute atomic E-state index is 0.178. The lowest BCUT2D eigenvalue weighted by Gasteiger charge is -2.09. The first-order valence-electron chi connectivity index (χ1n) is 5.30. The molecule has 4 N–H and O–H groups in total. The van der Waals surface area contributed by atoms with Crippen LogP contribution in [0, 0.1) is 5.82 Å². The van der Waals surface area contributed by atoms with Crippen LogP contribution >= 0.6 is 11.6 Å². The Morgan fingerprint density at radius 2 is 2.05 bits per heavy atom. The number of halogens is 2. The van der Waals surface area contributed by atoms with Crippen molar-refractivity contribution in [3.63, 3.8) is 0 Å². The highest BCUT2D eigenvalue weighted by Gasteiger charge is 2.16. The molecule has 1 aromatic carbocycles. The molecule has 0 radical (unpaired) electrons. The molecule has 1 heterocycles. The van der Waals surface area contributed by atoms with E-state index >= 15 is 0 Å². The Hall–Kier alpha value is -2.18. The Morgan fingerprint density at radius 3 is 2.74 bits per heavy atom. The lowest BCUT2D eigenvalue weighted by Crippen LogP contribution is -2.17. The predicted octanol–water partition coefficient (Wildman–Crippen LogP) is 2.41. The van der Waals surface area contributed by atoms with Crippen molar-refractivity contribution in [2.45, 2.75) is 0 Å². The van der Waals surface area contributed by atoms with Gasteiger partial charge >= 0.3 is 0 Å². The molecule has 0 unspecified atom stereocenters. The van der Waals surface area contributed by atoms with Gasteiger partial charge < -0.3 is 10.7 Å². The maximum absolute atomic E-state index is 13.8. The Balaban J connectivity index is 2.28. The molecule has 19 heavy (non-hydrogen) atoms. The molecule has 0 atom stereocenters. The highest BCUT2D eigenvalue weighted by molar-refractivity contribution is 6.33. The van der Waals surface area contributed by atoms with Crippen molar-refractivity contribution in [2.24, 2.45) is 5.84 Å². The van der Waals surface area contributed by atoms with Gasteiger partial charge in [-0.15, -0.1) is 0 Å². The van der Waals surface area contributed by atoms with Crippen LogP contribution in [0.4, 0.5) is 15.9 Å². The van der Waals surface area contributed by atoms with Crippen LogP contribution in [-0.4, -0.2) is 10.9 Å². The van der Waals surface area contributed by atoms with Gasteiger partial charge in [-0.05, 0) is 18.2 Å². The van der Waals surface area contributed by atoms with Crippen molar-refractivity contribution >= 4 is 29.0 Å². The first kappa shape index (κ1) is 13.3. The number of benzene rings is 1. The number of para-hydroxylation sites is 1. The summed E-state index contributed by atoms with van der Waals surface area (Å²) in [5.41, 5.74) is 2.29. The average molecular weight is 281 g/mol. The van der Waals surface area contributed by atoms with Gasteiger partial charge in [0.15, 0.2) is 11.6 Å². The number of nitrogens with one attached hydrogen (secondary N) is 2. The molecule has 2 aromatic rings. The van der Waals surface area contributed by atoms with Crippen LogP contribution in [-0.2, 0) is 0 Å². The van der Waals surface area contributed by atoms with E-state index in [0.717, 1.165) is 0 Å². The number of rotatable bonds is 3. The normalized spacial score (nSPS) is 10.1. The number of hydrogen-bond acceptors (Lipinski definition) is 4. The molecule has 0 aliphatic heterocycles. The van der Waals surface area contributed by atoms with Crippen LogP contribution in [0.3, 0.4) is 0 Å². The highest BCUT2D eigenvalue weighted by atomic mass is 35.5. The number of nitrogen functional groups attached to an aromatic ring is 1. The van der Waals surface area contributed by atoms with E-state index in [0.29, 0.717) is 10.7 Å². The fourth-order valence-electron chi connectivity index (χ4n) is 1.47. The second-order valence-corrected chi connectivity index (χ2v) is 4.01. The van der Waals surface area contributed by atoms with Crippen molar-refractivity contribution in [1.82, 2.24) is 4.98 Å². The van der Waals surface area contributed by atoms with Gasteiger partial charge in [0.2, 0.25) is 0 Å². The molecule has 7 heteroatoms. The van der Waals surface area contributed by atoms with Crippen molar-refractivity contribution in [2.75, 3.05) is 10.7 Å². The molecular formula is C12H10ClFN4O. The number of carbonyl (C=O) groups is 1. The Morgan fingerprint density at radius 1 is 1.32 bits per heavy atom. The molecule has 0 saturated heterocycles. The molecule has 98 valence electrons. The molecule has 0 saturated carbocycles. The van der Waals surface area contributed by atoms with Crippen molar-refractivity contribution < 1.29 is 9.18 Å². The van der Waals surface area contributed by atoms with E-state index in [4.69, 9.17) is 17.4 Å². The summed E-state index contributed by atoms with van der Waals surface area (Å²) in [6.45, 7) is 0. The van der Waals surface area contributed by atoms with Gasteiger partial charge in [-0.25, -0.2) is 15.2 Å². The number of carbonyl (C=O) groups excluding carboxylic acids is 1. The number of amides is 1. The van der Waals surface area contributed by atoms with E-state index < -0.39 is 11.7 Å². The average Bonchev–Trinajstić information content (AvgIpc) is 2.41. The largest absolute Gasteiger partial charge is 0.321 e. The van der Waals surface area contributed by atoms with Gasteiger partial charge in [0.05, 0.1) is 16.3 Å². The molecule has 0 fully saturated rings. The zero-order valence-corrected chi connectivity index (χ0v) is 10.4. The number of pyridine rings is 1. The molecular weight excluding hydrogens is 271 g/mol. The second kappa shape index (κ2) is 5.64. The van der Waals surface area contributed by atoms with E-state index in [2.05, 4.69) is 15.7 Å². The van der Waals surface area contributed by atoms with Gasteiger partial charge in [-0.1, -0.05) is 23.7 Å². The summed E-state index contributed by atoms with van der Waals surface area (Å²) in [6, 6.07) is 7.91. The van der Waals surface area contributed by atoms with Crippen LogP contribution in [0.1, 0.15) is 10.4 Å². The third-order valence-electron chi connectivity index (χ3n) is 2.39. The van der Waals surface area contributed by atoms with Crippen LogP contribution in [0.15, 0.2) is 36.5 Å². The fourth-order valence-corrected chi connectivity index (χ4v) is 1.65. The number of hydrogen-bond donors (Lipinski definition) is 3. The van der Waals surface area contributed by atoms with E-state index in [1.807, 2.05) is 0 Å². The zero-order valence-electron chi connectivity index (χ0n) is 9.65. The summed E-state index contributed by atoms with van der Waals surface area (Å²) in [5, 5.41) is 2.87. The Labute approximate surface area is 113 Å². The summed E-state index contributed by atoms with van der Waals surface area (Å²) in [5.74, 6) is 3.43. The minimum Gasteiger partial charge on any atom is -0.321 e. The van der Waals surface area contributed by atoms with E-state index in [1.54, 1.807) is 24.3 Å². The minimum atomic E-state index is -0.824. The maximum atomic E-state index is 13.8. The number of aromatic nitrogens is 1. The lowest BCUT2D eigenvalue weighted by atomic mass is 10.2. The molecule has 0 spiro atoms. The van der Waals surface area contributed by atoms with Crippen LogP contribution < -0.4 is 16.6 Å². The smallest absolute Gasteiger partial charge is 0.258 e. The molecule has 1 aromatic heterocycles. The molecule has 2 rings (SSSR count).